The number of aromatic nitrogens is 6. The summed E-state index contributed by atoms with van der Waals surface area (Å²) in [5.74, 6) is 0.626. The Balaban J connectivity index is 1.32. The van der Waals surface area contributed by atoms with Crippen LogP contribution in [-0.2, 0) is 24.6 Å². The maximum atomic E-state index is 14.4. The second kappa shape index (κ2) is 11.2. The molecule has 234 valence electrons. The van der Waals surface area contributed by atoms with E-state index in [1.807, 2.05) is 13.1 Å². The lowest BCUT2D eigenvalue weighted by Gasteiger charge is -2.13. The zero-order valence-electron chi connectivity index (χ0n) is 24.8. The summed E-state index contributed by atoms with van der Waals surface area (Å²) in [7, 11) is 3.77. The Kier molecular flexibility index (Phi) is 7.32. The number of halogens is 4. The molecule has 4 aromatic heterocycles. The van der Waals surface area contributed by atoms with Crippen molar-refractivity contribution in [3.63, 3.8) is 0 Å². The van der Waals surface area contributed by atoms with Gasteiger partial charge in [-0.15, -0.1) is 10.2 Å². The molecule has 1 atom stereocenters. The number of pyridine rings is 2. The second-order valence-corrected chi connectivity index (χ2v) is 12.1. The number of rotatable bonds is 8. The normalized spacial score (nSPS) is 17.5. The lowest BCUT2D eigenvalue weighted by molar-refractivity contribution is -0.136. The van der Waals surface area contributed by atoms with E-state index in [1.165, 1.54) is 30.9 Å². The molecule has 9 nitrogen and oxygen atoms in total. The fourth-order valence-electron chi connectivity index (χ4n) is 6.11. The number of nitrogens with zero attached hydrogens (tertiary/aromatic N) is 7. The SMILES string of the molecule is CN1CC[C@@H](COCc2cc(C(F)(F)F)c3cn(-c4cc(-c5ccc(F)cc5-c5nncn5C)cc(C5CC5)n4)c(=O)n3c2)C1. The maximum Gasteiger partial charge on any atom is 0.418 e. The van der Waals surface area contributed by atoms with Crippen molar-refractivity contribution < 1.29 is 22.3 Å². The molecule has 1 saturated heterocycles. The first kappa shape index (κ1) is 29.4. The summed E-state index contributed by atoms with van der Waals surface area (Å²) in [4.78, 5) is 20.7. The smallest absolute Gasteiger partial charge is 0.376 e. The average Bonchev–Trinajstić information content (AvgIpc) is 3.51. The first-order valence-electron chi connectivity index (χ1n) is 14.8. The average molecular weight is 622 g/mol. The van der Waals surface area contributed by atoms with E-state index in [-0.39, 0.29) is 29.4 Å². The van der Waals surface area contributed by atoms with Gasteiger partial charge in [0, 0.05) is 43.2 Å². The third-order valence-electron chi connectivity index (χ3n) is 8.56. The van der Waals surface area contributed by atoms with Gasteiger partial charge in [0.2, 0.25) is 0 Å². The highest BCUT2D eigenvalue weighted by Gasteiger charge is 2.35. The van der Waals surface area contributed by atoms with Crippen LogP contribution in [0.2, 0.25) is 0 Å². The van der Waals surface area contributed by atoms with Crippen molar-refractivity contribution in [2.45, 2.75) is 38.0 Å². The summed E-state index contributed by atoms with van der Waals surface area (Å²) < 4.78 is 67.1. The predicted octanol–water partition coefficient (Wildman–Crippen LogP) is 5.45. The molecule has 0 spiro atoms. The van der Waals surface area contributed by atoms with Crippen LogP contribution in [0, 0.1) is 11.7 Å². The van der Waals surface area contributed by atoms with E-state index in [2.05, 4.69) is 15.1 Å². The maximum absolute atomic E-state index is 14.4. The summed E-state index contributed by atoms with van der Waals surface area (Å²) in [5.41, 5.74) is 0.799. The minimum Gasteiger partial charge on any atom is -0.376 e. The van der Waals surface area contributed by atoms with Crippen LogP contribution in [0.5, 0.6) is 0 Å². The molecule has 5 heterocycles. The Hall–Kier alpha value is -4.36. The van der Waals surface area contributed by atoms with Crippen molar-refractivity contribution in [3.8, 4) is 28.3 Å². The Morgan fingerprint density at radius 3 is 2.53 bits per heavy atom. The van der Waals surface area contributed by atoms with Crippen molar-refractivity contribution in [2.75, 3.05) is 26.7 Å². The third-order valence-corrected chi connectivity index (χ3v) is 8.56. The van der Waals surface area contributed by atoms with Crippen molar-refractivity contribution in [3.05, 3.63) is 88.2 Å². The van der Waals surface area contributed by atoms with E-state index in [0.29, 0.717) is 40.7 Å². The summed E-state index contributed by atoms with van der Waals surface area (Å²) in [6, 6.07) is 8.87. The summed E-state index contributed by atoms with van der Waals surface area (Å²) in [5, 5.41) is 8.07. The number of ether oxygens (including phenoxy) is 1. The van der Waals surface area contributed by atoms with Crippen molar-refractivity contribution in [2.24, 2.45) is 13.0 Å². The molecule has 0 N–H and O–H groups in total. The summed E-state index contributed by atoms with van der Waals surface area (Å²) in [6.45, 7) is 2.22. The molecule has 2 aliphatic rings. The molecule has 45 heavy (non-hydrogen) atoms. The van der Waals surface area contributed by atoms with Crippen LogP contribution >= 0.6 is 0 Å². The van der Waals surface area contributed by atoms with Crippen LogP contribution in [0.1, 0.15) is 42.0 Å². The molecule has 7 rings (SSSR count). The molecule has 1 aliphatic heterocycles. The number of imidazole rings is 1. The van der Waals surface area contributed by atoms with Crippen molar-refractivity contribution in [1.29, 1.82) is 0 Å². The molecule has 1 aliphatic carbocycles. The fraction of sp³-hybridized carbons (Fsp3) is 0.375. The van der Waals surface area contributed by atoms with Gasteiger partial charge in [-0.3, -0.25) is 8.97 Å². The monoisotopic (exact) mass is 621 g/mol. The predicted molar refractivity (Wildman–Crippen MR) is 158 cm³/mol. The molecule has 0 unspecified atom stereocenters. The Labute approximate surface area is 255 Å². The zero-order chi connectivity index (χ0) is 31.5. The molecule has 1 saturated carbocycles. The molecule has 1 aromatic carbocycles. The van der Waals surface area contributed by atoms with Gasteiger partial charge in [0.1, 0.15) is 18.0 Å². The minimum atomic E-state index is -4.71. The van der Waals surface area contributed by atoms with E-state index in [4.69, 9.17) is 9.72 Å². The standard InChI is InChI=1S/C32H31F4N7O2/c1-40-8-7-19(13-40)16-45-17-20-9-26(32(34,35)36)28-15-43(31(44)42(28)14-20)29-11-22(10-27(38-29)21-3-4-21)24-6-5-23(33)12-25(24)30-39-37-18-41(30)2/h5-6,9-12,14-15,18-19,21H,3-4,7-8,13,16-17H2,1-2H3/t19-/m1/s1. The lowest BCUT2D eigenvalue weighted by atomic mass is 9.98. The third kappa shape index (κ3) is 5.77. The van der Waals surface area contributed by atoms with Crippen LogP contribution in [0.4, 0.5) is 17.6 Å². The van der Waals surface area contributed by atoms with E-state index in [9.17, 15) is 22.4 Å². The molecular formula is C32H31F4N7O2. The van der Waals surface area contributed by atoms with Crippen LogP contribution in [0.25, 0.3) is 33.8 Å². The minimum absolute atomic E-state index is 0.0498. The van der Waals surface area contributed by atoms with E-state index in [1.54, 1.807) is 23.7 Å². The van der Waals surface area contributed by atoms with Crippen molar-refractivity contribution >= 4 is 5.52 Å². The van der Waals surface area contributed by atoms with Gasteiger partial charge in [0.15, 0.2) is 5.82 Å². The molecule has 0 amide bonds. The van der Waals surface area contributed by atoms with Gasteiger partial charge >= 0.3 is 11.9 Å². The Morgan fingerprint density at radius 2 is 1.84 bits per heavy atom. The molecule has 0 bridgehead atoms. The number of hydrogen-bond acceptors (Lipinski definition) is 6. The topological polar surface area (TPSA) is 82.5 Å². The highest BCUT2D eigenvalue weighted by atomic mass is 19.4. The fourth-order valence-corrected chi connectivity index (χ4v) is 6.11. The summed E-state index contributed by atoms with van der Waals surface area (Å²) in [6.07, 6.45) is 2.17. The van der Waals surface area contributed by atoms with Gasteiger partial charge in [-0.05, 0) is 85.8 Å². The largest absolute Gasteiger partial charge is 0.418 e. The number of alkyl halides is 3. The molecule has 13 heteroatoms. The van der Waals surface area contributed by atoms with Crippen LogP contribution in [0.3, 0.4) is 0 Å². The number of fused-ring (bicyclic) bond motifs is 1. The second-order valence-electron chi connectivity index (χ2n) is 12.1. The van der Waals surface area contributed by atoms with Gasteiger partial charge in [-0.2, -0.15) is 13.2 Å². The Morgan fingerprint density at radius 1 is 1.02 bits per heavy atom. The van der Waals surface area contributed by atoms with E-state index in [0.717, 1.165) is 47.4 Å². The van der Waals surface area contributed by atoms with Crippen LogP contribution < -0.4 is 5.69 Å². The number of likely N-dealkylation sites (tertiary alicyclic amines) is 1. The highest BCUT2D eigenvalue weighted by molar-refractivity contribution is 5.81. The van der Waals surface area contributed by atoms with Gasteiger partial charge in [0.25, 0.3) is 0 Å². The van der Waals surface area contributed by atoms with Crippen molar-refractivity contribution in [1.82, 2.24) is 33.6 Å². The zero-order valence-corrected chi connectivity index (χ0v) is 24.8. The van der Waals surface area contributed by atoms with Gasteiger partial charge < -0.3 is 14.2 Å². The quantitative estimate of drug-likeness (QED) is 0.215. The van der Waals surface area contributed by atoms with Gasteiger partial charge in [0.05, 0.1) is 24.3 Å². The number of hydrogen-bond donors (Lipinski definition) is 0. The van der Waals surface area contributed by atoms with Crippen LogP contribution in [0.15, 0.2) is 59.9 Å². The number of benzene rings is 1. The van der Waals surface area contributed by atoms with Gasteiger partial charge in [-0.1, -0.05) is 6.07 Å². The molecule has 0 radical (unpaired) electrons. The highest BCUT2D eigenvalue weighted by Crippen LogP contribution is 2.42. The molecule has 5 aromatic rings. The molecule has 2 fully saturated rings. The first-order chi connectivity index (χ1) is 21.5. The Bertz CT molecular complexity index is 1960. The van der Waals surface area contributed by atoms with E-state index >= 15 is 0 Å². The van der Waals surface area contributed by atoms with Crippen LogP contribution in [-0.4, -0.2) is 60.4 Å². The number of aryl methyl sites for hydroxylation is 1. The summed E-state index contributed by atoms with van der Waals surface area (Å²) >= 11 is 0. The molecular weight excluding hydrogens is 590 g/mol. The van der Waals surface area contributed by atoms with E-state index < -0.39 is 23.2 Å². The first-order valence-corrected chi connectivity index (χ1v) is 14.8. The van der Waals surface area contributed by atoms with Gasteiger partial charge in [-0.25, -0.2) is 14.2 Å². The lowest BCUT2D eigenvalue weighted by Crippen LogP contribution is -2.21.